The summed E-state index contributed by atoms with van der Waals surface area (Å²) in [6.45, 7) is 1.95. The maximum absolute atomic E-state index is 14.2. The Morgan fingerprint density at radius 1 is 1.02 bits per heavy atom. The summed E-state index contributed by atoms with van der Waals surface area (Å²) in [6.07, 6.45) is 7.25. The number of piperidine rings is 1. The number of carbonyl (C=O) groups is 1. The molecule has 9 heteroatoms. The van der Waals surface area contributed by atoms with Gasteiger partial charge < -0.3 is 15.0 Å². The number of benzene rings is 2. The summed E-state index contributed by atoms with van der Waals surface area (Å²) in [7, 11) is 0. The molecule has 2 aromatic carbocycles. The molecule has 5 heterocycles. The molecule has 1 atom stereocenters. The Balaban J connectivity index is 1.19. The summed E-state index contributed by atoms with van der Waals surface area (Å²) in [5.74, 6) is 2.16. The van der Waals surface area contributed by atoms with Gasteiger partial charge in [0.2, 0.25) is 5.91 Å². The van der Waals surface area contributed by atoms with Crippen LogP contribution in [0.1, 0.15) is 47.1 Å². The first-order chi connectivity index (χ1) is 19.7. The fourth-order valence-electron chi connectivity index (χ4n) is 5.76. The van der Waals surface area contributed by atoms with Crippen molar-refractivity contribution in [2.24, 2.45) is 0 Å². The number of amides is 1. The zero-order chi connectivity index (χ0) is 27.1. The predicted molar refractivity (Wildman–Crippen MR) is 156 cm³/mol. The van der Waals surface area contributed by atoms with E-state index in [2.05, 4.69) is 37.4 Å². The van der Waals surface area contributed by atoms with Crippen LogP contribution in [-0.2, 0) is 11.3 Å². The highest BCUT2D eigenvalue weighted by molar-refractivity contribution is 9.10. The topological polar surface area (TPSA) is 84.7 Å². The maximum atomic E-state index is 14.2. The first-order valence-corrected chi connectivity index (χ1v) is 14.3. The van der Waals surface area contributed by atoms with Crippen LogP contribution in [0.3, 0.4) is 0 Å². The van der Waals surface area contributed by atoms with E-state index >= 15 is 0 Å². The minimum Gasteiger partial charge on any atom is -0.457 e. The molecule has 8 nitrogen and oxygen atoms in total. The lowest BCUT2D eigenvalue weighted by Gasteiger charge is -2.37. The molecule has 7 rings (SSSR count). The predicted octanol–water partition coefficient (Wildman–Crippen LogP) is 6.14. The van der Waals surface area contributed by atoms with Gasteiger partial charge in [-0.25, -0.2) is 4.98 Å². The largest absolute Gasteiger partial charge is 0.457 e. The molecule has 200 valence electrons. The van der Waals surface area contributed by atoms with Gasteiger partial charge in [-0.2, -0.15) is 9.61 Å². The quantitative estimate of drug-likeness (QED) is 0.263. The maximum Gasteiger partial charge on any atom is 0.234 e. The number of hydrogen-bond donors (Lipinski definition) is 1. The fraction of sp³-hybridized carbons (Fsp3) is 0.226. The number of rotatable bonds is 5. The van der Waals surface area contributed by atoms with Crippen LogP contribution in [0.4, 0.5) is 5.82 Å². The van der Waals surface area contributed by atoms with Gasteiger partial charge in [0.05, 0.1) is 22.3 Å². The molecule has 5 aromatic rings. The van der Waals surface area contributed by atoms with E-state index in [1.165, 1.54) is 0 Å². The lowest BCUT2D eigenvalue weighted by Crippen LogP contribution is -2.42. The molecule has 0 saturated carbocycles. The summed E-state index contributed by atoms with van der Waals surface area (Å²) < 4.78 is 8.79. The number of ether oxygens (including phenoxy) is 1. The number of nitrogens with one attached hydrogen (secondary N) is 1. The van der Waals surface area contributed by atoms with E-state index in [0.29, 0.717) is 13.1 Å². The van der Waals surface area contributed by atoms with Crippen LogP contribution < -0.4 is 10.1 Å². The van der Waals surface area contributed by atoms with Crippen molar-refractivity contribution in [2.45, 2.75) is 31.2 Å². The first-order valence-electron chi connectivity index (χ1n) is 13.5. The van der Waals surface area contributed by atoms with E-state index in [0.717, 1.165) is 69.2 Å². The van der Waals surface area contributed by atoms with Crippen molar-refractivity contribution in [1.82, 2.24) is 24.5 Å². The fourth-order valence-corrected chi connectivity index (χ4v) is 6.11. The molecule has 0 aliphatic carbocycles. The minimum absolute atomic E-state index is 0.105. The molecule has 0 spiro atoms. The smallest absolute Gasteiger partial charge is 0.234 e. The van der Waals surface area contributed by atoms with Crippen molar-refractivity contribution in [3.05, 3.63) is 112 Å². The molecule has 40 heavy (non-hydrogen) atoms. The van der Waals surface area contributed by atoms with Crippen molar-refractivity contribution >= 4 is 33.3 Å². The molecule has 2 aliphatic rings. The van der Waals surface area contributed by atoms with Gasteiger partial charge >= 0.3 is 0 Å². The third kappa shape index (κ3) is 4.50. The monoisotopic (exact) mass is 594 g/mol. The second-order valence-corrected chi connectivity index (χ2v) is 11.1. The van der Waals surface area contributed by atoms with E-state index in [1.807, 2.05) is 76.3 Å². The second kappa shape index (κ2) is 10.4. The number of nitrogens with zero attached hydrogens (tertiary/aromatic N) is 5. The second-order valence-electron chi connectivity index (χ2n) is 10.2. The zero-order valence-corrected chi connectivity index (χ0v) is 23.3. The molecule has 1 saturated heterocycles. The Kier molecular flexibility index (Phi) is 6.43. The van der Waals surface area contributed by atoms with E-state index in [1.54, 1.807) is 12.4 Å². The van der Waals surface area contributed by atoms with E-state index in [-0.39, 0.29) is 11.8 Å². The van der Waals surface area contributed by atoms with Gasteiger partial charge in [-0.1, -0.05) is 42.5 Å². The number of hydrogen-bond acceptors (Lipinski definition) is 6. The molecule has 1 N–H and O–H groups in total. The van der Waals surface area contributed by atoms with Gasteiger partial charge in [0.15, 0.2) is 5.65 Å². The molecule has 1 fully saturated rings. The van der Waals surface area contributed by atoms with Crippen LogP contribution in [-0.4, -0.2) is 43.5 Å². The molecule has 3 aromatic heterocycles. The van der Waals surface area contributed by atoms with Crippen molar-refractivity contribution in [2.75, 3.05) is 18.4 Å². The van der Waals surface area contributed by atoms with Crippen LogP contribution in [0, 0.1) is 0 Å². The SMILES string of the molecule is O=C(C1c2ccccc2Oc2ccccc21)N1CCCC(c2cc(NCc3cccnc3)n3ncc(Br)c3n2)C1. The highest BCUT2D eigenvalue weighted by Gasteiger charge is 2.37. The molecule has 2 aliphatic heterocycles. The number of anilines is 1. The number of fused-ring (bicyclic) bond motifs is 3. The van der Waals surface area contributed by atoms with E-state index in [4.69, 9.17) is 9.72 Å². The molecule has 1 amide bonds. The molecular weight excluding hydrogens is 568 g/mol. The lowest BCUT2D eigenvalue weighted by atomic mass is 9.85. The Bertz CT molecular complexity index is 1660. The Hall–Kier alpha value is -4.24. The van der Waals surface area contributed by atoms with E-state index < -0.39 is 5.92 Å². The highest BCUT2D eigenvalue weighted by atomic mass is 79.9. The average Bonchev–Trinajstić information content (AvgIpc) is 3.39. The Morgan fingerprint density at radius 2 is 1.80 bits per heavy atom. The summed E-state index contributed by atoms with van der Waals surface area (Å²) in [5.41, 5.74) is 4.61. The van der Waals surface area contributed by atoms with E-state index in [9.17, 15) is 4.79 Å². The molecular formula is C31H27BrN6O2. The highest BCUT2D eigenvalue weighted by Crippen LogP contribution is 2.45. The number of pyridine rings is 1. The van der Waals surface area contributed by atoms with Crippen LogP contribution >= 0.6 is 15.9 Å². The normalized spacial score (nSPS) is 16.7. The summed E-state index contributed by atoms with van der Waals surface area (Å²) >= 11 is 3.61. The number of aromatic nitrogens is 4. The third-order valence-electron chi connectivity index (χ3n) is 7.72. The van der Waals surface area contributed by atoms with Crippen molar-refractivity contribution in [3.8, 4) is 11.5 Å². The minimum atomic E-state index is -0.393. The Labute approximate surface area is 240 Å². The number of carbonyl (C=O) groups excluding carboxylic acids is 1. The van der Waals surface area contributed by atoms with Gasteiger partial charge in [-0.3, -0.25) is 9.78 Å². The molecule has 0 radical (unpaired) electrons. The van der Waals surface area contributed by atoms with Gasteiger partial charge in [-0.15, -0.1) is 0 Å². The average molecular weight is 596 g/mol. The summed E-state index contributed by atoms with van der Waals surface area (Å²) in [5, 5.41) is 8.03. The summed E-state index contributed by atoms with van der Waals surface area (Å²) in [4.78, 5) is 25.4. The van der Waals surface area contributed by atoms with Gasteiger partial charge in [0.1, 0.15) is 17.3 Å². The molecule has 0 bridgehead atoms. The third-order valence-corrected chi connectivity index (χ3v) is 8.28. The van der Waals surface area contributed by atoms with Gasteiger partial charge in [-0.05, 0) is 52.5 Å². The number of para-hydroxylation sites is 2. The standard InChI is InChI=1S/C31H27BrN6O2/c32-24-18-35-38-28(34-17-20-7-5-13-33-16-20)15-25(36-30(24)38)21-8-6-14-37(19-21)31(39)29-22-9-1-3-11-26(22)40-27-12-4-2-10-23(27)29/h1-5,7,9-13,15-16,18,21,29,34H,6,8,14,17,19H2. The van der Waals surface area contributed by atoms with Crippen LogP contribution in [0.5, 0.6) is 11.5 Å². The zero-order valence-electron chi connectivity index (χ0n) is 21.7. The molecule has 1 unspecified atom stereocenters. The van der Waals surface area contributed by atoms with Crippen molar-refractivity contribution < 1.29 is 9.53 Å². The van der Waals surface area contributed by atoms with Crippen LogP contribution in [0.15, 0.2) is 89.8 Å². The van der Waals surface area contributed by atoms with Crippen LogP contribution in [0.25, 0.3) is 5.65 Å². The summed E-state index contributed by atoms with van der Waals surface area (Å²) in [6, 6.07) is 21.7. The van der Waals surface area contributed by atoms with Gasteiger partial charge in [0, 0.05) is 55.1 Å². The lowest BCUT2D eigenvalue weighted by molar-refractivity contribution is -0.133. The van der Waals surface area contributed by atoms with Crippen molar-refractivity contribution in [1.29, 1.82) is 0 Å². The number of halogens is 1. The Morgan fingerprint density at radius 3 is 2.55 bits per heavy atom. The van der Waals surface area contributed by atoms with Crippen LogP contribution in [0.2, 0.25) is 0 Å². The van der Waals surface area contributed by atoms with Gasteiger partial charge in [0.25, 0.3) is 0 Å². The first kappa shape index (κ1) is 24.8. The van der Waals surface area contributed by atoms with Crippen molar-refractivity contribution in [3.63, 3.8) is 0 Å². The number of likely N-dealkylation sites (tertiary alicyclic amines) is 1.